The molecule has 0 bridgehead atoms. The smallest absolute Gasteiger partial charge is 0.338 e. The Morgan fingerprint density at radius 2 is 1.91 bits per heavy atom. The Morgan fingerprint density at radius 3 is 2.66 bits per heavy atom. The van der Waals surface area contributed by atoms with Crippen molar-refractivity contribution in [3.63, 3.8) is 0 Å². The van der Waals surface area contributed by atoms with Gasteiger partial charge in [-0.25, -0.2) is 15.2 Å². The number of ether oxygens (including phenoxy) is 1. The normalized spacial score (nSPS) is 11.2. The Bertz CT molecular complexity index is 1290. The van der Waals surface area contributed by atoms with Crippen LogP contribution in [0.5, 0.6) is 0 Å². The molecule has 0 atom stereocenters. The average Bonchev–Trinajstić information content (AvgIpc) is 3.39. The van der Waals surface area contributed by atoms with Crippen LogP contribution in [0.2, 0.25) is 0 Å². The van der Waals surface area contributed by atoms with E-state index in [0.717, 1.165) is 16.6 Å². The predicted molar refractivity (Wildman–Crippen MR) is 120 cm³/mol. The quantitative estimate of drug-likeness (QED) is 0.274. The van der Waals surface area contributed by atoms with Gasteiger partial charge in [-0.05, 0) is 43.3 Å². The van der Waals surface area contributed by atoms with E-state index in [2.05, 4.69) is 15.5 Å². The van der Waals surface area contributed by atoms with Crippen LogP contribution < -0.4 is 5.43 Å². The fourth-order valence-electron chi connectivity index (χ4n) is 3.27. The summed E-state index contributed by atoms with van der Waals surface area (Å²) in [5, 5.41) is 3.97. The van der Waals surface area contributed by atoms with Crippen molar-refractivity contribution in [3.05, 3.63) is 77.8 Å². The van der Waals surface area contributed by atoms with Crippen LogP contribution in [0.1, 0.15) is 28.9 Å². The number of para-hydroxylation sites is 2. The molecule has 0 aliphatic heterocycles. The number of aryl methyl sites for hydroxylation is 1. The highest BCUT2D eigenvalue weighted by Crippen LogP contribution is 2.22. The van der Waals surface area contributed by atoms with Crippen molar-refractivity contribution in [2.45, 2.75) is 13.3 Å². The number of hydrazone groups is 1. The van der Waals surface area contributed by atoms with Crippen LogP contribution in [-0.2, 0) is 23.0 Å². The monoisotopic (exact) mass is 430 g/mol. The predicted octanol–water partition coefficient (Wildman–Crippen LogP) is 3.70. The number of nitrogens with one attached hydrogen (secondary N) is 1. The van der Waals surface area contributed by atoms with Crippen LogP contribution in [0.3, 0.4) is 0 Å². The van der Waals surface area contributed by atoms with E-state index in [9.17, 15) is 9.59 Å². The molecule has 8 heteroatoms. The Morgan fingerprint density at radius 1 is 1.12 bits per heavy atom. The lowest BCUT2D eigenvalue weighted by atomic mass is 10.1. The van der Waals surface area contributed by atoms with Gasteiger partial charge in [0, 0.05) is 12.6 Å². The molecule has 8 nitrogen and oxygen atoms in total. The zero-order valence-corrected chi connectivity index (χ0v) is 17.7. The van der Waals surface area contributed by atoms with Gasteiger partial charge in [-0.2, -0.15) is 5.10 Å². The largest absolute Gasteiger partial charge is 0.462 e. The van der Waals surface area contributed by atoms with Gasteiger partial charge >= 0.3 is 5.97 Å². The van der Waals surface area contributed by atoms with Crippen molar-refractivity contribution < 1.29 is 18.7 Å². The summed E-state index contributed by atoms with van der Waals surface area (Å²) in [5.74, 6) is 1.12. The summed E-state index contributed by atoms with van der Waals surface area (Å²) in [7, 11) is 1.88. The van der Waals surface area contributed by atoms with Crippen molar-refractivity contribution in [1.82, 2.24) is 15.0 Å². The van der Waals surface area contributed by atoms with Gasteiger partial charge < -0.3 is 13.7 Å². The maximum absolute atomic E-state index is 12.2. The Labute approximate surface area is 184 Å². The number of rotatable bonds is 7. The molecule has 4 rings (SSSR count). The molecule has 2 heterocycles. The first-order chi connectivity index (χ1) is 15.5. The van der Waals surface area contributed by atoms with E-state index in [1.807, 2.05) is 35.9 Å². The Hall–Kier alpha value is -4.20. The average molecular weight is 430 g/mol. The summed E-state index contributed by atoms with van der Waals surface area (Å²) in [6.07, 6.45) is 1.54. The minimum atomic E-state index is -0.360. The van der Waals surface area contributed by atoms with E-state index < -0.39 is 0 Å². The summed E-state index contributed by atoms with van der Waals surface area (Å²) < 4.78 is 12.6. The molecule has 0 radical (unpaired) electrons. The van der Waals surface area contributed by atoms with E-state index in [-0.39, 0.29) is 18.3 Å². The fourth-order valence-corrected chi connectivity index (χ4v) is 3.27. The molecule has 1 N–H and O–H groups in total. The zero-order chi connectivity index (χ0) is 22.5. The summed E-state index contributed by atoms with van der Waals surface area (Å²) in [6.45, 7) is 2.09. The highest BCUT2D eigenvalue weighted by atomic mass is 16.5. The molecule has 0 aliphatic rings. The molecule has 0 spiro atoms. The van der Waals surface area contributed by atoms with Crippen LogP contribution in [0.4, 0.5) is 0 Å². The highest BCUT2D eigenvalue weighted by molar-refractivity contribution is 5.90. The van der Waals surface area contributed by atoms with Gasteiger partial charge in [0.15, 0.2) is 0 Å². The molecule has 4 aromatic rings. The van der Waals surface area contributed by atoms with Gasteiger partial charge in [-0.1, -0.05) is 24.3 Å². The van der Waals surface area contributed by atoms with Crippen LogP contribution in [-0.4, -0.2) is 34.2 Å². The standard InChI is InChI=1S/C24H22N4O4/c1-3-31-24(30)17-10-8-16(9-11-17)21-13-12-18(32-21)15-25-27-23(29)14-22-26-19-6-4-5-7-20(19)28(22)2/h4-13,15H,3,14H2,1-2H3,(H,27,29)/b25-15+. The molecule has 32 heavy (non-hydrogen) atoms. The number of benzene rings is 2. The molecule has 0 fully saturated rings. The summed E-state index contributed by atoms with van der Waals surface area (Å²) >= 11 is 0. The number of imidazole rings is 1. The van der Waals surface area contributed by atoms with Crippen LogP contribution in [0.15, 0.2) is 70.2 Å². The van der Waals surface area contributed by atoms with Crippen LogP contribution in [0, 0.1) is 0 Å². The lowest BCUT2D eigenvalue weighted by molar-refractivity contribution is -0.120. The molecule has 2 aromatic carbocycles. The van der Waals surface area contributed by atoms with Crippen molar-refractivity contribution >= 4 is 29.1 Å². The maximum Gasteiger partial charge on any atom is 0.338 e. The second-order valence-electron chi connectivity index (χ2n) is 7.05. The fraction of sp³-hybridized carbons (Fsp3) is 0.167. The number of fused-ring (bicyclic) bond motifs is 1. The number of nitrogens with zero attached hydrogens (tertiary/aromatic N) is 3. The molecule has 162 valence electrons. The van der Waals surface area contributed by atoms with Gasteiger partial charge in [0.25, 0.3) is 0 Å². The number of aromatic nitrogens is 2. The molecule has 0 aliphatic carbocycles. The first-order valence-electron chi connectivity index (χ1n) is 10.1. The maximum atomic E-state index is 12.2. The highest BCUT2D eigenvalue weighted by Gasteiger charge is 2.11. The van der Waals surface area contributed by atoms with Gasteiger partial charge in [-0.3, -0.25) is 4.79 Å². The molecule has 0 saturated carbocycles. The van der Waals surface area contributed by atoms with Crippen LogP contribution in [0.25, 0.3) is 22.4 Å². The molecule has 1 amide bonds. The zero-order valence-electron chi connectivity index (χ0n) is 17.7. The molecule has 2 aromatic heterocycles. The second-order valence-corrected chi connectivity index (χ2v) is 7.05. The van der Waals surface area contributed by atoms with Crippen molar-refractivity contribution in [2.75, 3.05) is 6.61 Å². The SMILES string of the molecule is CCOC(=O)c1ccc(-c2ccc(/C=N/NC(=O)Cc3nc4ccccc4n3C)o2)cc1. The number of carbonyl (C=O) groups is 2. The van der Waals surface area contributed by atoms with E-state index in [1.54, 1.807) is 43.3 Å². The summed E-state index contributed by atoms with van der Waals surface area (Å²) in [5.41, 5.74) is 5.60. The second kappa shape index (κ2) is 9.30. The van der Waals surface area contributed by atoms with E-state index in [0.29, 0.717) is 29.5 Å². The van der Waals surface area contributed by atoms with Crippen molar-refractivity contribution in [3.8, 4) is 11.3 Å². The third-order valence-corrected chi connectivity index (χ3v) is 4.89. The minimum absolute atomic E-state index is 0.110. The summed E-state index contributed by atoms with van der Waals surface area (Å²) in [6, 6.07) is 18.2. The number of esters is 1. The first kappa shape index (κ1) is 21.0. The number of hydrogen-bond donors (Lipinski definition) is 1. The third kappa shape index (κ3) is 4.59. The van der Waals surface area contributed by atoms with Gasteiger partial charge in [0.1, 0.15) is 17.3 Å². The van der Waals surface area contributed by atoms with E-state index in [4.69, 9.17) is 9.15 Å². The van der Waals surface area contributed by atoms with Gasteiger partial charge in [0.2, 0.25) is 5.91 Å². The lowest BCUT2D eigenvalue weighted by Crippen LogP contribution is -2.21. The third-order valence-electron chi connectivity index (χ3n) is 4.89. The van der Waals surface area contributed by atoms with Gasteiger partial charge in [0.05, 0.1) is 35.8 Å². The van der Waals surface area contributed by atoms with Crippen LogP contribution >= 0.6 is 0 Å². The number of hydrogen-bond acceptors (Lipinski definition) is 6. The number of carbonyl (C=O) groups excluding carboxylic acids is 2. The van der Waals surface area contributed by atoms with Crippen molar-refractivity contribution in [1.29, 1.82) is 0 Å². The number of amides is 1. The first-order valence-corrected chi connectivity index (χ1v) is 10.1. The lowest BCUT2D eigenvalue weighted by Gasteiger charge is -2.02. The molecule has 0 saturated heterocycles. The van der Waals surface area contributed by atoms with Gasteiger partial charge in [-0.15, -0.1) is 0 Å². The minimum Gasteiger partial charge on any atom is -0.462 e. The van der Waals surface area contributed by atoms with E-state index >= 15 is 0 Å². The van der Waals surface area contributed by atoms with Crippen molar-refractivity contribution in [2.24, 2.45) is 12.1 Å². The number of furan rings is 1. The Kier molecular flexibility index (Phi) is 6.12. The molecular formula is C24H22N4O4. The topological polar surface area (TPSA) is 98.7 Å². The van der Waals surface area contributed by atoms with E-state index in [1.165, 1.54) is 6.21 Å². The molecular weight excluding hydrogens is 408 g/mol. The Balaban J connectivity index is 1.36. The molecule has 0 unspecified atom stereocenters. The summed E-state index contributed by atoms with van der Waals surface area (Å²) in [4.78, 5) is 28.5.